The first-order valence-corrected chi connectivity index (χ1v) is 8.12. The topological polar surface area (TPSA) is 57.1 Å². The number of likely N-dealkylation sites (tertiary alicyclic amines) is 1. The lowest BCUT2D eigenvalue weighted by Crippen LogP contribution is -2.47. The molecule has 0 saturated carbocycles. The Morgan fingerprint density at radius 3 is 2.61 bits per heavy atom. The van der Waals surface area contributed by atoms with Crippen LogP contribution in [0.5, 0.6) is 5.75 Å². The number of hydrogen-bond donors (Lipinski definition) is 2. The van der Waals surface area contributed by atoms with Crippen molar-refractivity contribution in [2.45, 2.75) is 38.9 Å². The van der Waals surface area contributed by atoms with Gasteiger partial charge in [0.25, 0.3) is 0 Å². The molecular weight excluding hydrogens is 405 g/mol. The van der Waals surface area contributed by atoms with Gasteiger partial charge in [-0.15, -0.1) is 24.0 Å². The molecule has 1 unspecified atom stereocenters. The lowest BCUT2D eigenvalue weighted by molar-refractivity contribution is 0.107. The number of guanidine groups is 1. The predicted molar refractivity (Wildman–Crippen MR) is 105 cm³/mol. The van der Waals surface area contributed by atoms with Gasteiger partial charge in [-0.3, -0.25) is 0 Å². The van der Waals surface area contributed by atoms with Crippen molar-refractivity contribution in [3.8, 4) is 5.75 Å². The predicted octanol–water partition coefficient (Wildman–Crippen LogP) is 2.49. The van der Waals surface area contributed by atoms with Gasteiger partial charge in [-0.2, -0.15) is 0 Å². The molecule has 0 aromatic heterocycles. The van der Waals surface area contributed by atoms with Gasteiger partial charge in [0.1, 0.15) is 11.9 Å². The minimum atomic E-state index is -0.167. The summed E-state index contributed by atoms with van der Waals surface area (Å²) in [7, 11) is 0. The summed E-state index contributed by atoms with van der Waals surface area (Å²) in [5, 5.41) is 12.9. The van der Waals surface area contributed by atoms with Crippen LogP contribution in [-0.4, -0.2) is 54.4 Å². The maximum absolute atomic E-state index is 9.61. The Morgan fingerprint density at radius 2 is 2.00 bits per heavy atom. The maximum Gasteiger partial charge on any atom is 0.194 e. The van der Waals surface area contributed by atoms with Gasteiger partial charge in [-0.1, -0.05) is 18.2 Å². The van der Waals surface area contributed by atoms with Crippen LogP contribution in [0.15, 0.2) is 35.3 Å². The van der Waals surface area contributed by atoms with Crippen molar-refractivity contribution in [2.24, 2.45) is 4.99 Å². The third kappa shape index (κ3) is 6.95. The van der Waals surface area contributed by atoms with E-state index >= 15 is 0 Å². The van der Waals surface area contributed by atoms with Crippen molar-refractivity contribution < 1.29 is 9.84 Å². The lowest BCUT2D eigenvalue weighted by atomic mass is 10.1. The number of halogens is 1. The Kier molecular flexibility index (Phi) is 9.31. The second-order valence-electron chi connectivity index (χ2n) is 5.65. The maximum atomic E-state index is 9.61. The monoisotopic (exact) mass is 433 g/mol. The molecule has 5 nitrogen and oxygen atoms in total. The molecular formula is C17H28IN3O2. The Labute approximate surface area is 156 Å². The van der Waals surface area contributed by atoms with E-state index in [0.717, 1.165) is 44.2 Å². The van der Waals surface area contributed by atoms with E-state index in [1.807, 2.05) is 37.3 Å². The van der Waals surface area contributed by atoms with Crippen LogP contribution in [0.25, 0.3) is 0 Å². The molecule has 1 heterocycles. The quantitative estimate of drug-likeness (QED) is 0.426. The molecule has 1 aliphatic heterocycles. The van der Waals surface area contributed by atoms with Gasteiger partial charge in [0.05, 0.1) is 12.6 Å². The zero-order valence-corrected chi connectivity index (χ0v) is 16.3. The summed E-state index contributed by atoms with van der Waals surface area (Å²) in [4.78, 5) is 6.90. The van der Waals surface area contributed by atoms with Crippen LogP contribution < -0.4 is 10.1 Å². The molecule has 2 rings (SSSR count). The first-order chi connectivity index (χ1) is 10.7. The molecule has 1 aromatic carbocycles. The fraction of sp³-hybridized carbons (Fsp3) is 0.588. The van der Waals surface area contributed by atoms with Gasteiger partial charge < -0.3 is 20.1 Å². The van der Waals surface area contributed by atoms with Crippen LogP contribution in [-0.2, 0) is 0 Å². The third-order valence-electron chi connectivity index (χ3n) is 3.68. The fourth-order valence-electron chi connectivity index (χ4n) is 2.49. The van der Waals surface area contributed by atoms with Crippen molar-refractivity contribution >= 4 is 29.9 Å². The molecule has 0 radical (unpaired) electrons. The molecule has 1 saturated heterocycles. The van der Waals surface area contributed by atoms with E-state index in [0.29, 0.717) is 6.54 Å². The molecule has 0 spiro atoms. The van der Waals surface area contributed by atoms with Crippen molar-refractivity contribution in [2.75, 3.05) is 26.2 Å². The van der Waals surface area contributed by atoms with Gasteiger partial charge >= 0.3 is 0 Å². The fourth-order valence-corrected chi connectivity index (χ4v) is 2.49. The van der Waals surface area contributed by atoms with Crippen LogP contribution in [0.4, 0.5) is 0 Å². The number of aliphatic imine (C=N–C) groups is 1. The minimum absolute atomic E-state index is 0. The summed E-state index contributed by atoms with van der Waals surface area (Å²) in [6.45, 7) is 7.24. The smallest absolute Gasteiger partial charge is 0.194 e. The van der Waals surface area contributed by atoms with Gasteiger partial charge in [-0.05, 0) is 38.8 Å². The van der Waals surface area contributed by atoms with Crippen LogP contribution >= 0.6 is 24.0 Å². The van der Waals surface area contributed by atoms with E-state index in [1.54, 1.807) is 0 Å². The summed E-state index contributed by atoms with van der Waals surface area (Å²) in [5.41, 5.74) is 0. The average Bonchev–Trinajstić information content (AvgIpc) is 2.53. The van der Waals surface area contributed by atoms with E-state index in [2.05, 4.69) is 22.1 Å². The average molecular weight is 433 g/mol. The Bertz CT molecular complexity index is 462. The minimum Gasteiger partial charge on any atom is -0.489 e. The molecule has 23 heavy (non-hydrogen) atoms. The number of nitrogens with zero attached hydrogens (tertiary/aromatic N) is 2. The number of rotatable bonds is 5. The first kappa shape index (κ1) is 20.0. The molecule has 0 aliphatic carbocycles. The molecule has 130 valence electrons. The zero-order chi connectivity index (χ0) is 15.8. The SMILES string of the molecule is CCNC(=NCC(C)Oc1ccccc1)N1CCC(O)CC1.I. The number of para-hydroxylation sites is 1. The molecule has 0 bridgehead atoms. The van der Waals surface area contributed by atoms with Gasteiger partial charge in [0.15, 0.2) is 5.96 Å². The van der Waals surface area contributed by atoms with Crippen molar-refractivity contribution in [3.63, 3.8) is 0 Å². The summed E-state index contributed by atoms with van der Waals surface area (Å²) >= 11 is 0. The molecule has 1 aromatic rings. The number of aliphatic hydroxyl groups is 1. The number of piperidine rings is 1. The van der Waals surface area contributed by atoms with E-state index < -0.39 is 0 Å². The Morgan fingerprint density at radius 1 is 1.35 bits per heavy atom. The zero-order valence-electron chi connectivity index (χ0n) is 13.9. The van der Waals surface area contributed by atoms with Crippen molar-refractivity contribution in [3.05, 3.63) is 30.3 Å². The Hall–Kier alpha value is -1.02. The van der Waals surface area contributed by atoms with Crippen LogP contribution in [0.1, 0.15) is 26.7 Å². The number of nitrogens with one attached hydrogen (secondary N) is 1. The highest BCUT2D eigenvalue weighted by Gasteiger charge is 2.19. The second-order valence-corrected chi connectivity index (χ2v) is 5.65. The van der Waals surface area contributed by atoms with Crippen LogP contribution in [0.2, 0.25) is 0 Å². The van der Waals surface area contributed by atoms with Crippen molar-refractivity contribution in [1.29, 1.82) is 0 Å². The lowest BCUT2D eigenvalue weighted by Gasteiger charge is -2.32. The molecule has 1 fully saturated rings. The van der Waals surface area contributed by atoms with E-state index in [9.17, 15) is 5.11 Å². The summed E-state index contributed by atoms with van der Waals surface area (Å²) in [6.07, 6.45) is 1.46. The molecule has 6 heteroatoms. The van der Waals surface area contributed by atoms with Crippen LogP contribution in [0, 0.1) is 0 Å². The number of ether oxygens (including phenoxy) is 1. The number of benzene rings is 1. The highest BCUT2D eigenvalue weighted by molar-refractivity contribution is 14.0. The standard InChI is InChI=1S/C17H27N3O2.HI/c1-3-18-17(20-11-9-15(21)10-12-20)19-13-14(2)22-16-7-5-4-6-8-16;/h4-8,14-15,21H,3,9-13H2,1-2H3,(H,18,19);1H. The van der Waals surface area contributed by atoms with Crippen LogP contribution in [0.3, 0.4) is 0 Å². The van der Waals surface area contributed by atoms with E-state index in [4.69, 9.17) is 4.74 Å². The normalized spacial score (nSPS) is 17.3. The van der Waals surface area contributed by atoms with E-state index in [-0.39, 0.29) is 36.2 Å². The number of aliphatic hydroxyl groups excluding tert-OH is 1. The summed E-state index contributed by atoms with van der Waals surface area (Å²) in [5.74, 6) is 1.79. The third-order valence-corrected chi connectivity index (χ3v) is 3.68. The molecule has 1 aliphatic rings. The Balaban J connectivity index is 0.00000264. The highest BCUT2D eigenvalue weighted by Crippen LogP contribution is 2.12. The van der Waals surface area contributed by atoms with Gasteiger partial charge in [0, 0.05) is 19.6 Å². The first-order valence-electron chi connectivity index (χ1n) is 8.12. The highest BCUT2D eigenvalue weighted by atomic mass is 127. The van der Waals surface area contributed by atoms with Gasteiger partial charge in [0.2, 0.25) is 0 Å². The van der Waals surface area contributed by atoms with Crippen molar-refractivity contribution in [1.82, 2.24) is 10.2 Å². The molecule has 1 atom stereocenters. The summed E-state index contributed by atoms with van der Waals surface area (Å²) < 4.78 is 5.85. The number of hydrogen-bond acceptors (Lipinski definition) is 3. The van der Waals surface area contributed by atoms with E-state index in [1.165, 1.54) is 0 Å². The molecule has 0 amide bonds. The van der Waals surface area contributed by atoms with Gasteiger partial charge in [-0.25, -0.2) is 4.99 Å². The summed E-state index contributed by atoms with van der Waals surface area (Å²) in [6, 6.07) is 9.82. The second kappa shape index (κ2) is 10.7. The molecule has 2 N–H and O–H groups in total. The largest absolute Gasteiger partial charge is 0.489 e.